The van der Waals surface area contributed by atoms with Crippen LogP contribution >= 0.6 is 0 Å². The number of aliphatic hydroxyl groups excluding tert-OH is 1. The molecule has 0 spiro atoms. The van der Waals surface area contributed by atoms with E-state index in [0.717, 1.165) is 40.8 Å². The van der Waals surface area contributed by atoms with Crippen LogP contribution in [0.3, 0.4) is 0 Å². The second-order valence-electron chi connectivity index (χ2n) is 9.51. The number of aliphatic hydroxyl groups is 1. The number of aromatic nitrogens is 4. The number of alkyl halides is 1. The normalized spacial score (nSPS) is 22.7. The van der Waals surface area contributed by atoms with E-state index >= 15 is 4.39 Å². The number of rotatable bonds is 4. The molecule has 2 fully saturated rings. The second kappa shape index (κ2) is 8.08. The van der Waals surface area contributed by atoms with Crippen LogP contribution in [0.1, 0.15) is 43.1 Å². The van der Waals surface area contributed by atoms with Crippen molar-refractivity contribution < 1.29 is 9.50 Å². The van der Waals surface area contributed by atoms with Gasteiger partial charge in [-0.3, -0.25) is 4.90 Å². The van der Waals surface area contributed by atoms with Crippen LogP contribution in [0, 0.1) is 13.8 Å². The van der Waals surface area contributed by atoms with Gasteiger partial charge in [0.1, 0.15) is 17.8 Å². The highest BCUT2D eigenvalue weighted by Gasteiger charge is 2.32. The van der Waals surface area contributed by atoms with Crippen LogP contribution in [0.5, 0.6) is 0 Å². The van der Waals surface area contributed by atoms with Crippen LogP contribution in [-0.4, -0.2) is 74.3 Å². The lowest BCUT2D eigenvalue weighted by atomic mass is 9.84. The van der Waals surface area contributed by atoms with Gasteiger partial charge < -0.3 is 10.0 Å². The highest BCUT2D eigenvalue weighted by molar-refractivity contribution is 5.82. The van der Waals surface area contributed by atoms with Crippen molar-refractivity contribution in [1.82, 2.24) is 24.6 Å². The molecule has 1 N–H and O–H groups in total. The largest absolute Gasteiger partial charge is 0.389 e. The van der Waals surface area contributed by atoms with Crippen LogP contribution in [-0.2, 0) is 0 Å². The molecule has 32 heavy (non-hydrogen) atoms. The number of anilines is 1. The Morgan fingerprint density at radius 3 is 2.50 bits per heavy atom. The van der Waals surface area contributed by atoms with Gasteiger partial charge in [0.05, 0.1) is 17.8 Å². The van der Waals surface area contributed by atoms with E-state index in [0.29, 0.717) is 37.3 Å². The van der Waals surface area contributed by atoms with Crippen LogP contribution in [0.2, 0.25) is 0 Å². The van der Waals surface area contributed by atoms with E-state index in [1.165, 1.54) is 0 Å². The minimum Gasteiger partial charge on any atom is -0.389 e. The van der Waals surface area contributed by atoms with Gasteiger partial charge in [-0.05, 0) is 63.9 Å². The first-order valence-corrected chi connectivity index (χ1v) is 11.5. The van der Waals surface area contributed by atoms with E-state index in [4.69, 9.17) is 0 Å². The predicted molar refractivity (Wildman–Crippen MR) is 123 cm³/mol. The molecule has 0 amide bonds. The Morgan fingerprint density at radius 1 is 1.06 bits per heavy atom. The van der Waals surface area contributed by atoms with Gasteiger partial charge in [-0.15, -0.1) is 0 Å². The van der Waals surface area contributed by atoms with Crippen molar-refractivity contribution >= 4 is 16.7 Å². The molecule has 3 aromatic rings. The van der Waals surface area contributed by atoms with Gasteiger partial charge >= 0.3 is 0 Å². The fourth-order valence-corrected chi connectivity index (χ4v) is 4.98. The van der Waals surface area contributed by atoms with E-state index in [-0.39, 0.29) is 12.0 Å². The number of fused-ring (bicyclic) bond motifs is 1. The number of hydrogen-bond acceptors (Lipinski definition) is 6. The molecule has 5 rings (SSSR count). The molecule has 0 bridgehead atoms. The Hall–Kier alpha value is -2.58. The highest BCUT2D eigenvalue weighted by Crippen LogP contribution is 2.35. The van der Waals surface area contributed by atoms with Crippen LogP contribution < -0.4 is 4.90 Å². The summed E-state index contributed by atoms with van der Waals surface area (Å²) in [6, 6.07) is 6.48. The Morgan fingerprint density at radius 2 is 1.81 bits per heavy atom. The minimum absolute atomic E-state index is 0.108. The fourth-order valence-electron chi connectivity index (χ4n) is 4.98. The molecule has 170 valence electrons. The van der Waals surface area contributed by atoms with Crippen LogP contribution in [0.4, 0.5) is 10.2 Å². The highest BCUT2D eigenvalue weighted by atomic mass is 19.1. The van der Waals surface area contributed by atoms with Gasteiger partial charge in [-0.25, -0.2) is 19.0 Å². The van der Waals surface area contributed by atoms with Gasteiger partial charge in [0, 0.05) is 43.0 Å². The summed E-state index contributed by atoms with van der Waals surface area (Å²) in [5.74, 6) is 2.02. The molecule has 8 heteroatoms. The first-order chi connectivity index (χ1) is 15.3. The summed E-state index contributed by atoms with van der Waals surface area (Å²) in [7, 11) is 0. The molecule has 2 aliphatic heterocycles. The van der Waals surface area contributed by atoms with Gasteiger partial charge in [0.15, 0.2) is 5.82 Å². The van der Waals surface area contributed by atoms with E-state index in [9.17, 15) is 5.11 Å². The number of nitrogens with zero attached hydrogens (tertiary/aromatic N) is 6. The smallest absolute Gasteiger partial charge is 0.159 e. The third-order valence-electron chi connectivity index (χ3n) is 6.87. The summed E-state index contributed by atoms with van der Waals surface area (Å²) in [4.78, 5) is 13.4. The topological polar surface area (TPSA) is 70.3 Å². The molecular weight excluding hydrogens is 407 g/mol. The van der Waals surface area contributed by atoms with Crippen molar-refractivity contribution in [2.75, 3.05) is 31.1 Å². The summed E-state index contributed by atoms with van der Waals surface area (Å²) >= 11 is 0. The predicted octanol–water partition coefficient (Wildman–Crippen LogP) is 3.15. The van der Waals surface area contributed by atoms with E-state index in [1.807, 2.05) is 28.8 Å². The van der Waals surface area contributed by atoms with Gasteiger partial charge in [-0.1, -0.05) is 0 Å². The molecule has 2 aliphatic rings. The molecule has 0 saturated carbocycles. The SMILES string of the molecule is Cc1nc(N2CC(O)C2)cc(-n2ncc3cc(C)c([C@H]4CCN(C(C)C)C[C@H]4F)cc32)n1. The number of likely N-dealkylation sites (tertiary alicyclic amines) is 1. The average Bonchev–Trinajstić information content (AvgIpc) is 3.13. The van der Waals surface area contributed by atoms with E-state index in [2.05, 4.69) is 52.9 Å². The second-order valence-corrected chi connectivity index (χ2v) is 9.51. The Balaban J connectivity index is 1.52. The number of aryl methyl sites for hydroxylation is 2. The zero-order valence-electron chi connectivity index (χ0n) is 19.2. The lowest BCUT2D eigenvalue weighted by molar-refractivity contribution is 0.0938. The monoisotopic (exact) mass is 438 g/mol. The van der Waals surface area contributed by atoms with Gasteiger partial charge in [0.2, 0.25) is 0 Å². The quantitative estimate of drug-likeness (QED) is 0.675. The summed E-state index contributed by atoms with van der Waals surface area (Å²) in [5, 5.41) is 15.3. The molecule has 0 aliphatic carbocycles. The number of hydrogen-bond donors (Lipinski definition) is 1. The maximum atomic E-state index is 15.2. The van der Waals surface area contributed by atoms with E-state index in [1.54, 1.807) is 0 Å². The van der Waals surface area contributed by atoms with Crippen molar-refractivity contribution in [3.05, 3.63) is 41.3 Å². The number of benzene rings is 1. The van der Waals surface area contributed by atoms with Crippen molar-refractivity contribution in [1.29, 1.82) is 0 Å². The lowest BCUT2D eigenvalue weighted by Crippen LogP contribution is -2.51. The van der Waals surface area contributed by atoms with Crippen LogP contribution in [0.25, 0.3) is 16.7 Å². The van der Waals surface area contributed by atoms with Gasteiger partial charge in [-0.2, -0.15) is 5.10 Å². The number of β-amino-alcohol motifs (C(OH)–C–C–N with tert-alkyl or cyclic N) is 1. The number of piperidine rings is 1. The third kappa shape index (κ3) is 3.75. The molecule has 4 heterocycles. The lowest BCUT2D eigenvalue weighted by Gasteiger charge is -2.37. The molecule has 2 saturated heterocycles. The van der Waals surface area contributed by atoms with Crippen molar-refractivity contribution in [2.24, 2.45) is 0 Å². The zero-order valence-corrected chi connectivity index (χ0v) is 19.2. The van der Waals surface area contributed by atoms with Crippen molar-refractivity contribution in [3.8, 4) is 5.82 Å². The molecule has 0 unspecified atom stereocenters. The Kier molecular flexibility index (Phi) is 5.37. The first-order valence-electron chi connectivity index (χ1n) is 11.5. The molecular formula is C24H31FN6O. The fraction of sp³-hybridized carbons (Fsp3) is 0.542. The average molecular weight is 439 g/mol. The molecule has 7 nitrogen and oxygen atoms in total. The van der Waals surface area contributed by atoms with E-state index < -0.39 is 6.17 Å². The minimum atomic E-state index is -0.885. The third-order valence-corrected chi connectivity index (χ3v) is 6.87. The Bertz CT molecular complexity index is 1140. The summed E-state index contributed by atoms with van der Waals surface area (Å²) < 4.78 is 17.1. The van der Waals surface area contributed by atoms with Crippen molar-refractivity contribution in [3.63, 3.8) is 0 Å². The maximum absolute atomic E-state index is 15.2. The molecule has 2 aromatic heterocycles. The van der Waals surface area contributed by atoms with Crippen molar-refractivity contribution in [2.45, 2.75) is 58.4 Å². The van der Waals surface area contributed by atoms with Crippen LogP contribution in [0.15, 0.2) is 24.4 Å². The molecule has 0 radical (unpaired) electrons. The summed E-state index contributed by atoms with van der Waals surface area (Å²) in [5.41, 5.74) is 3.10. The first kappa shape index (κ1) is 21.3. The summed E-state index contributed by atoms with van der Waals surface area (Å²) in [6.45, 7) is 10.7. The summed E-state index contributed by atoms with van der Waals surface area (Å²) in [6.07, 6.45) is 1.46. The Labute approximate surface area is 187 Å². The standard InChI is InChI=1S/C24H31FN6O/c1-14(2)29-6-5-19(21(25)13-29)20-8-22-17(7-15(20)3)10-26-31(22)24-9-23(27-16(4)28-24)30-11-18(32)12-30/h7-10,14,18-19,21,32H,5-6,11-13H2,1-4H3/t19-,21-/m1/s1. The maximum Gasteiger partial charge on any atom is 0.159 e. The van der Waals surface area contributed by atoms with Gasteiger partial charge in [0.25, 0.3) is 0 Å². The number of halogens is 1. The zero-order chi connectivity index (χ0) is 22.6. The molecule has 1 aromatic carbocycles. The molecule has 2 atom stereocenters.